The van der Waals surface area contributed by atoms with Crippen LogP contribution in [0.2, 0.25) is 0 Å². The number of methoxy groups -OCH3 is 1. The Balaban J connectivity index is 2.31. The molecule has 0 aliphatic heterocycles. The van der Waals surface area contributed by atoms with Gasteiger partial charge in [0, 0.05) is 17.7 Å². The number of esters is 1. The number of hydrogen-bond acceptors (Lipinski definition) is 5. The fourth-order valence-electron chi connectivity index (χ4n) is 1.77. The van der Waals surface area contributed by atoms with Gasteiger partial charge in [-0.25, -0.2) is 4.79 Å². The molecule has 0 aliphatic carbocycles. The first-order valence-corrected chi connectivity index (χ1v) is 7.52. The van der Waals surface area contributed by atoms with Crippen molar-refractivity contribution >= 4 is 29.2 Å². The molecule has 0 fully saturated rings. The van der Waals surface area contributed by atoms with Crippen molar-refractivity contribution in [1.82, 2.24) is 5.32 Å². The third kappa shape index (κ3) is 6.89. The molecule has 21 heavy (non-hydrogen) atoms. The van der Waals surface area contributed by atoms with Gasteiger partial charge in [0.05, 0.1) is 7.11 Å². The van der Waals surface area contributed by atoms with Crippen molar-refractivity contribution in [2.24, 2.45) is 0 Å². The average molecular weight is 313 g/mol. The summed E-state index contributed by atoms with van der Waals surface area (Å²) in [6, 6.07) is 2.89. The number of carboxylic acid groups (broad SMARTS) is 1. The van der Waals surface area contributed by atoms with Gasteiger partial charge >= 0.3 is 11.9 Å². The monoisotopic (exact) mass is 313 g/mol. The molecule has 0 unspecified atom stereocenters. The first-order valence-electron chi connectivity index (χ1n) is 6.64. The van der Waals surface area contributed by atoms with E-state index in [9.17, 15) is 14.4 Å². The number of carboxylic acids is 1. The summed E-state index contributed by atoms with van der Waals surface area (Å²) in [4.78, 5) is 34.9. The Morgan fingerprint density at radius 2 is 2.14 bits per heavy atom. The highest BCUT2D eigenvalue weighted by molar-refractivity contribution is 7.09. The van der Waals surface area contributed by atoms with Crippen LogP contribution in [-0.4, -0.2) is 36.1 Å². The molecule has 0 aromatic carbocycles. The normalized spacial score (nSPS) is 11.7. The molecule has 0 spiro atoms. The lowest BCUT2D eigenvalue weighted by atomic mass is 10.1. The number of carbonyl (C=O) groups is 3. The van der Waals surface area contributed by atoms with Crippen LogP contribution in [0.25, 0.3) is 0 Å². The number of thiophene rings is 1. The van der Waals surface area contributed by atoms with E-state index in [0.29, 0.717) is 6.42 Å². The van der Waals surface area contributed by atoms with Crippen LogP contribution >= 0.6 is 11.3 Å². The maximum absolute atomic E-state index is 11.7. The SMILES string of the molecule is COC(=O)CC[C@@H](NC(=O)CCCc1cccs1)C(=O)O. The predicted molar refractivity (Wildman–Crippen MR) is 78.1 cm³/mol. The Morgan fingerprint density at radius 1 is 1.38 bits per heavy atom. The van der Waals surface area contributed by atoms with Crippen molar-refractivity contribution in [2.45, 2.75) is 38.1 Å². The highest BCUT2D eigenvalue weighted by Gasteiger charge is 2.20. The maximum atomic E-state index is 11.7. The number of nitrogens with one attached hydrogen (secondary N) is 1. The van der Waals surface area contributed by atoms with Crippen molar-refractivity contribution in [3.63, 3.8) is 0 Å². The van der Waals surface area contributed by atoms with E-state index in [-0.39, 0.29) is 25.2 Å². The summed E-state index contributed by atoms with van der Waals surface area (Å²) < 4.78 is 4.45. The third-order valence-electron chi connectivity index (χ3n) is 2.91. The summed E-state index contributed by atoms with van der Waals surface area (Å²) in [5.74, 6) is -1.96. The van der Waals surface area contributed by atoms with Crippen LogP contribution in [0.1, 0.15) is 30.6 Å². The van der Waals surface area contributed by atoms with Crippen LogP contribution in [-0.2, 0) is 25.5 Å². The van der Waals surface area contributed by atoms with Gasteiger partial charge in [-0.2, -0.15) is 0 Å². The quantitative estimate of drug-likeness (QED) is 0.675. The topological polar surface area (TPSA) is 92.7 Å². The Morgan fingerprint density at radius 3 is 2.71 bits per heavy atom. The largest absolute Gasteiger partial charge is 0.480 e. The number of rotatable bonds is 9. The summed E-state index contributed by atoms with van der Waals surface area (Å²) in [7, 11) is 1.24. The zero-order chi connectivity index (χ0) is 15.7. The van der Waals surface area contributed by atoms with E-state index in [1.807, 2.05) is 17.5 Å². The highest BCUT2D eigenvalue weighted by Crippen LogP contribution is 2.12. The summed E-state index contributed by atoms with van der Waals surface area (Å²) in [5.41, 5.74) is 0. The van der Waals surface area contributed by atoms with Gasteiger partial charge < -0.3 is 15.2 Å². The minimum atomic E-state index is -1.15. The number of ether oxygens (including phenoxy) is 1. The molecule has 0 aliphatic rings. The van der Waals surface area contributed by atoms with E-state index in [2.05, 4.69) is 10.1 Å². The van der Waals surface area contributed by atoms with E-state index in [0.717, 1.165) is 6.42 Å². The molecule has 0 radical (unpaired) electrons. The van der Waals surface area contributed by atoms with Crippen molar-refractivity contribution in [2.75, 3.05) is 7.11 Å². The smallest absolute Gasteiger partial charge is 0.326 e. The minimum absolute atomic E-state index is 0.0265. The fraction of sp³-hybridized carbons (Fsp3) is 0.500. The molecule has 1 aromatic heterocycles. The molecule has 1 rings (SSSR count). The Bertz CT molecular complexity index is 472. The predicted octanol–water partition coefficient (Wildman–Crippen LogP) is 1.59. The highest BCUT2D eigenvalue weighted by atomic mass is 32.1. The molecule has 7 heteroatoms. The van der Waals surface area contributed by atoms with Crippen LogP contribution in [0.15, 0.2) is 17.5 Å². The van der Waals surface area contributed by atoms with E-state index in [1.54, 1.807) is 11.3 Å². The van der Waals surface area contributed by atoms with Crippen LogP contribution in [0.3, 0.4) is 0 Å². The number of aliphatic carboxylic acids is 1. The maximum Gasteiger partial charge on any atom is 0.326 e. The van der Waals surface area contributed by atoms with Crippen LogP contribution in [0.4, 0.5) is 0 Å². The van der Waals surface area contributed by atoms with Gasteiger partial charge in [-0.3, -0.25) is 9.59 Å². The molecule has 6 nitrogen and oxygen atoms in total. The van der Waals surface area contributed by atoms with Gasteiger partial charge in [0.1, 0.15) is 6.04 Å². The minimum Gasteiger partial charge on any atom is -0.480 e. The molecular formula is C14H19NO5S. The first-order chi connectivity index (χ1) is 10.0. The lowest BCUT2D eigenvalue weighted by Crippen LogP contribution is -2.41. The second kappa shape index (κ2) is 9.12. The fourth-order valence-corrected chi connectivity index (χ4v) is 2.52. The van der Waals surface area contributed by atoms with Crippen LogP contribution < -0.4 is 5.32 Å². The van der Waals surface area contributed by atoms with Crippen LogP contribution in [0, 0.1) is 0 Å². The van der Waals surface area contributed by atoms with E-state index >= 15 is 0 Å². The molecule has 1 amide bonds. The molecule has 116 valence electrons. The molecule has 0 saturated heterocycles. The molecule has 0 bridgehead atoms. The second-order valence-corrected chi connectivity index (χ2v) is 5.54. The number of carbonyl (C=O) groups excluding carboxylic acids is 2. The molecule has 0 saturated carbocycles. The van der Waals surface area contributed by atoms with Crippen LogP contribution in [0.5, 0.6) is 0 Å². The second-order valence-electron chi connectivity index (χ2n) is 4.51. The van der Waals surface area contributed by atoms with E-state index < -0.39 is 18.0 Å². The Kier molecular flexibility index (Phi) is 7.45. The number of aryl methyl sites for hydroxylation is 1. The third-order valence-corrected chi connectivity index (χ3v) is 3.84. The molecular weight excluding hydrogens is 294 g/mol. The van der Waals surface area contributed by atoms with Crippen molar-refractivity contribution in [3.8, 4) is 0 Å². The van der Waals surface area contributed by atoms with Crippen molar-refractivity contribution in [3.05, 3.63) is 22.4 Å². The molecule has 1 heterocycles. The van der Waals surface area contributed by atoms with Crippen molar-refractivity contribution in [1.29, 1.82) is 0 Å². The zero-order valence-corrected chi connectivity index (χ0v) is 12.6. The molecule has 1 atom stereocenters. The number of amides is 1. The van der Waals surface area contributed by atoms with Gasteiger partial charge in [-0.1, -0.05) is 6.07 Å². The lowest BCUT2D eigenvalue weighted by molar-refractivity contribution is -0.144. The summed E-state index contributed by atoms with van der Waals surface area (Å²) in [6.07, 6.45) is 1.71. The molecule has 1 aromatic rings. The van der Waals surface area contributed by atoms with Gasteiger partial charge in [-0.05, 0) is 30.7 Å². The van der Waals surface area contributed by atoms with Gasteiger partial charge in [0.25, 0.3) is 0 Å². The molecule has 2 N–H and O–H groups in total. The summed E-state index contributed by atoms with van der Waals surface area (Å²) in [6.45, 7) is 0. The Labute approximate surface area is 127 Å². The van der Waals surface area contributed by atoms with Gasteiger partial charge in [0.2, 0.25) is 5.91 Å². The zero-order valence-electron chi connectivity index (χ0n) is 11.8. The summed E-state index contributed by atoms with van der Waals surface area (Å²) >= 11 is 1.63. The summed E-state index contributed by atoms with van der Waals surface area (Å²) in [5, 5.41) is 13.4. The van der Waals surface area contributed by atoms with Gasteiger partial charge in [-0.15, -0.1) is 11.3 Å². The Hall–Kier alpha value is -1.89. The van der Waals surface area contributed by atoms with E-state index in [1.165, 1.54) is 12.0 Å². The lowest BCUT2D eigenvalue weighted by Gasteiger charge is -2.13. The standard InChI is InChI=1S/C14H19NO5S/c1-20-13(17)8-7-11(14(18)19)15-12(16)6-2-4-10-5-3-9-21-10/h3,5,9,11H,2,4,6-8H2,1H3,(H,15,16)(H,18,19)/t11-/m1/s1. The first kappa shape index (κ1) is 17.2. The van der Waals surface area contributed by atoms with E-state index in [4.69, 9.17) is 5.11 Å². The van der Waals surface area contributed by atoms with Crippen molar-refractivity contribution < 1.29 is 24.2 Å². The average Bonchev–Trinajstić information content (AvgIpc) is 2.95. The number of hydrogen-bond donors (Lipinski definition) is 2. The van der Waals surface area contributed by atoms with Gasteiger partial charge in [0.15, 0.2) is 0 Å².